The van der Waals surface area contributed by atoms with Crippen LogP contribution in [0.15, 0.2) is 70.3 Å². The van der Waals surface area contributed by atoms with Gasteiger partial charge in [-0.15, -0.1) is 11.3 Å². The molecule has 0 unspecified atom stereocenters. The Morgan fingerprint density at radius 1 is 0.969 bits per heavy atom. The zero-order valence-electron chi connectivity index (χ0n) is 17.9. The largest absolute Gasteiger partial charge is 0.493 e. The molecule has 0 aliphatic rings. The number of hydrogen-bond donors (Lipinski definition) is 2. The summed E-state index contributed by atoms with van der Waals surface area (Å²) in [4.78, 5) is 12.9. The molecule has 0 saturated heterocycles. The second-order valence-electron chi connectivity index (χ2n) is 7.03. The molecule has 0 aliphatic carbocycles. The van der Waals surface area contributed by atoms with Gasteiger partial charge in [-0.2, -0.15) is 4.72 Å². The second-order valence-corrected chi connectivity index (χ2v) is 9.91. The van der Waals surface area contributed by atoms with Crippen LogP contribution in [0.5, 0.6) is 11.5 Å². The average molecular weight is 475 g/mol. The van der Waals surface area contributed by atoms with Crippen molar-refractivity contribution in [2.75, 3.05) is 20.8 Å². The summed E-state index contributed by atoms with van der Waals surface area (Å²) in [7, 11) is -0.660. The van der Waals surface area contributed by atoms with Crippen LogP contribution in [0.25, 0.3) is 0 Å². The van der Waals surface area contributed by atoms with E-state index in [1.165, 1.54) is 6.07 Å². The van der Waals surface area contributed by atoms with Crippen molar-refractivity contribution in [3.63, 3.8) is 0 Å². The molecule has 0 aliphatic heterocycles. The summed E-state index contributed by atoms with van der Waals surface area (Å²) in [6.45, 7) is 0.348. The molecular weight excluding hydrogens is 448 g/mol. The smallest absolute Gasteiger partial charge is 0.250 e. The quantitative estimate of drug-likeness (QED) is 0.446. The standard InChI is InChI=1S/C23H26N2O5S2/c1-29-20-11-10-18(16-21(20)30-2)12-13-24-23(26)19(15-17-7-4-3-5-8-17)25-32(27,28)22-9-6-14-31-22/h3-11,14,16,19,25H,12-13,15H2,1-2H3,(H,24,26)/t19-/m0/s1. The van der Waals surface area contributed by atoms with Crippen molar-refractivity contribution < 1.29 is 22.7 Å². The van der Waals surface area contributed by atoms with Crippen LogP contribution in [0, 0.1) is 0 Å². The van der Waals surface area contributed by atoms with E-state index in [1.54, 1.807) is 25.7 Å². The van der Waals surface area contributed by atoms with Gasteiger partial charge in [0.05, 0.1) is 14.2 Å². The van der Waals surface area contributed by atoms with E-state index in [0.717, 1.165) is 22.5 Å². The third kappa shape index (κ3) is 6.32. The zero-order valence-corrected chi connectivity index (χ0v) is 19.5. The van der Waals surface area contributed by atoms with Crippen molar-refractivity contribution in [2.24, 2.45) is 0 Å². The summed E-state index contributed by atoms with van der Waals surface area (Å²) in [5.74, 6) is 0.864. The average Bonchev–Trinajstić information content (AvgIpc) is 3.35. The molecule has 170 valence electrons. The Balaban J connectivity index is 1.68. The lowest BCUT2D eigenvalue weighted by molar-refractivity contribution is -0.122. The minimum absolute atomic E-state index is 0.175. The lowest BCUT2D eigenvalue weighted by atomic mass is 10.1. The molecule has 0 saturated carbocycles. The van der Waals surface area contributed by atoms with Gasteiger partial charge in [0, 0.05) is 6.54 Å². The fourth-order valence-corrected chi connectivity index (χ4v) is 5.39. The number of sulfonamides is 1. The summed E-state index contributed by atoms with van der Waals surface area (Å²) in [5, 5.41) is 4.54. The van der Waals surface area contributed by atoms with Crippen LogP contribution >= 0.6 is 11.3 Å². The number of benzene rings is 2. The van der Waals surface area contributed by atoms with E-state index in [1.807, 2.05) is 48.5 Å². The van der Waals surface area contributed by atoms with E-state index in [0.29, 0.717) is 24.5 Å². The molecule has 1 heterocycles. The van der Waals surface area contributed by atoms with Crippen molar-refractivity contribution >= 4 is 27.3 Å². The SMILES string of the molecule is COc1ccc(CCNC(=O)[C@H](Cc2ccccc2)NS(=O)(=O)c2cccs2)cc1OC. The van der Waals surface area contributed by atoms with E-state index in [4.69, 9.17) is 9.47 Å². The molecule has 32 heavy (non-hydrogen) atoms. The van der Waals surface area contributed by atoms with Crippen LogP contribution in [0.1, 0.15) is 11.1 Å². The van der Waals surface area contributed by atoms with Crippen molar-refractivity contribution in [1.29, 1.82) is 0 Å². The van der Waals surface area contributed by atoms with Crippen molar-refractivity contribution in [3.05, 3.63) is 77.2 Å². The molecule has 2 N–H and O–H groups in total. The highest BCUT2D eigenvalue weighted by Gasteiger charge is 2.26. The second kappa shape index (κ2) is 11.1. The van der Waals surface area contributed by atoms with E-state index in [2.05, 4.69) is 10.0 Å². The van der Waals surface area contributed by atoms with Crippen molar-refractivity contribution in [3.8, 4) is 11.5 Å². The van der Waals surface area contributed by atoms with Crippen LogP contribution in [0.4, 0.5) is 0 Å². The highest BCUT2D eigenvalue weighted by Crippen LogP contribution is 2.27. The summed E-state index contributed by atoms with van der Waals surface area (Å²) < 4.78 is 38.7. The van der Waals surface area contributed by atoms with E-state index >= 15 is 0 Å². The zero-order chi connectivity index (χ0) is 23.0. The van der Waals surface area contributed by atoms with E-state index in [-0.39, 0.29) is 16.5 Å². The van der Waals surface area contributed by atoms with Gasteiger partial charge in [-0.1, -0.05) is 42.5 Å². The van der Waals surface area contributed by atoms with Gasteiger partial charge >= 0.3 is 0 Å². The molecule has 0 bridgehead atoms. The maximum Gasteiger partial charge on any atom is 0.250 e. The Kier molecular flexibility index (Phi) is 8.26. The summed E-state index contributed by atoms with van der Waals surface area (Å²) in [5.41, 5.74) is 1.82. The Morgan fingerprint density at radius 3 is 2.38 bits per heavy atom. The van der Waals surface area contributed by atoms with Crippen molar-refractivity contribution in [2.45, 2.75) is 23.1 Å². The highest BCUT2D eigenvalue weighted by atomic mass is 32.2. The molecule has 1 aromatic heterocycles. The molecule has 7 nitrogen and oxygen atoms in total. The van der Waals surface area contributed by atoms with Crippen molar-refractivity contribution in [1.82, 2.24) is 10.0 Å². The van der Waals surface area contributed by atoms with Gasteiger partial charge in [-0.05, 0) is 47.5 Å². The molecule has 0 radical (unpaired) electrons. The van der Waals surface area contributed by atoms with Gasteiger partial charge in [0.1, 0.15) is 10.3 Å². The Labute approximate surface area is 192 Å². The fourth-order valence-electron chi connectivity index (χ4n) is 3.19. The third-order valence-corrected chi connectivity index (χ3v) is 7.69. The van der Waals surface area contributed by atoms with Crippen LogP contribution in [-0.4, -0.2) is 41.1 Å². The first-order chi connectivity index (χ1) is 15.4. The maximum absolute atomic E-state index is 12.9. The predicted molar refractivity (Wildman–Crippen MR) is 125 cm³/mol. The molecule has 9 heteroatoms. The number of amides is 1. The molecule has 0 spiro atoms. The number of hydrogen-bond acceptors (Lipinski definition) is 6. The highest BCUT2D eigenvalue weighted by molar-refractivity contribution is 7.91. The molecule has 0 fully saturated rings. The summed E-state index contributed by atoms with van der Waals surface area (Å²) in [6.07, 6.45) is 0.801. The summed E-state index contributed by atoms with van der Waals surface area (Å²) >= 11 is 1.11. The first-order valence-corrected chi connectivity index (χ1v) is 12.4. The minimum Gasteiger partial charge on any atom is -0.493 e. The molecule has 3 aromatic rings. The number of thiophene rings is 1. The number of nitrogens with one attached hydrogen (secondary N) is 2. The maximum atomic E-state index is 12.9. The van der Waals surface area contributed by atoms with Crippen LogP contribution in [0.3, 0.4) is 0 Å². The predicted octanol–water partition coefficient (Wildman–Crippen LogP) is 3.01. The molecule has 3 rings (SSSR count). The number of methoxy groups -OCH3 is 2. The molecule has 2 aromatic carbocycles. The lowest BCUT2D eigenvalue weighted by Gasteiger charge is -2.18. The fraction of sp³-hybridized carbons (Fsp3) is 0.261. The van der Waals surface area contributed by atoms with Gasteiger partial charge < -0.3 is 14.8 Å². The normalized spacial score (nSPS) is 12.2. The number of carbonyl (C=O) groups excluding carboxylic acids is 1. The van der Waals surface area contributed by atoms with E-state index in [9.17, 15) is 13.2 Å². The van der Waals surface area contributed by atoms with Crippen LogP contribution in [0.2, 0.25) is 0 Å². The van der Waals surface area contributed by atoms with Gasteiger partial charge in [0.25, 0.3) is 10.0 Å². The summed E-state index contributed by atoms with van der Waals surface area (Å²) in [6, 6.07) is 17.1. The van der Waals surface area contributed by atoms with E-state index < -0.39 is 16.1 Å². The first kappa shape index (κ1) is 23.8. The Bertz CT molecular complexity index is 1120. The van der Waals surface area contributed by atoms with Gasteiger partial charge in [0.2, 0.25) is 5.91 Å². The number of ether oxygens (including phenoxy) is 2. The number of carbonyl (C=O) groups is 1. The monoisotopic (exact) mass is 474 g/mol. The molecule has 1 amide bonds. The lowest BCUT2D eigenvalue weighted by Crippen LogP contribution is -2.48. The number of rotatable bonds is 11. The van der Waals surface area contributed by atoms with Crippen LogP contribution in [-0.2, 0) is 27.7 Å². The van der Waals surface area contributed by atoms with Gasteiger partial charge in [0.15, 0.2) is 11.5 Å². The Hall–Kier alpha value is -2.88. The van der Waals surface area contributed by atoms with Gasteiger partial charge in [-0.25, -0.2) is 8.42 Å². The topological polar surface area (TPSA) is 93.7 Å². The third-order valence-electron chi connectivity index (χ3n) is 4.82. The Morgan fingerprint density at radius 2 is 1.72 bits per heavy atom. The molecule has 1 atom stereocenters. The van der Waals surface area contributed by atoms with Gasteiger partial charge in [-0.3, -0.25) is 4.79 Å². The first-order valence-electron chi connectivity index (χ1n) is 10.0. The molecular formula is C23H26N2O5S2. The minimum atomic E-state index is -3.80. The van der Waals surface area contributed by atoms with Crippen LogP contribution < -0.4 is 19.5 Å².